The van der Waals surface area contributed by atoms with E-state index >= 15 is 0 Å². The van der Waals surface area contributed by atoms with Gasteiger partial charge in [-0.05, 0) is 43.0 Å². The fourth-order valence-electron chi connectivity index (χ4n) is 3.05. The van der Waals surface area contributed by atoms with E-state index in [4.69, 9.17) is 9.47 Å². The number of amides is 1. The second-order valence-electron chi connectivity index (χ2n) is 6.44. The lowest BCUT2D eigenvalue weighted by atomic mass is 9.99. The number of carbonyl (C=O) groups is 1. The van der Waals surface area contributed by atoms with Gasteiger partial charge in [-0.3, -0.25) is 4.79 Å². The van der Waals surface area contributed by atoms with Gasteiger partial charge in [-0.15, -0.1) is 10.2 Å². The molecule has 0 bridgehead atoms. The van der Waals surface area contributed by atoms with Crippen LogP contribution in [0.1, 0.15) is 30.1 Å². The van der Waals surface area contributed by atoms with Gasteiger partial charge in [0.25, 0.3) is 5.91 Å². The van der Waals surface area contributed by atoms with Crippen LogP contribution in [0.4, 0.5) is 11.6 Å². The highest BCUT2D eigenvalue weighted by Crippen LogP contribution is 2.29. The Balaban J connectivity index is 1.72. The van der Waals surface area contributed by atoms with Gasteiger partial charge in [0.05, 0.1) is 14.2 Å². The number of methoxy groups -OCH3 is 2. The Labute approximate surface area is 153 Å². The number of benzene rings is 1. The van der Waals surface area contributed by atoms with Crippen molar-refractivity contribution in [3.8, 4) is 11.5 Å². The average molecular weight is 356 g/mol. The van der Waals surface area contributed by atoms with Gasteiger partial charge in [0.1, 0.15) is 17.1 Å². The number of piperidine rings is 1. The van der Waals surface area contributed by atoms with Crippen molar-refractivity contribution in [2.45, 2.75) is 19.8 Å². The van der Waals surface area contributed by atoms with Crippen molar-refractivity contribution in [2.75, 3.05) is 37.5 Å². The van der Waals surface area contributed by atoms with Crippen LogP contribution in [0.3, 0.4) is 0 Å². The van der Waals surface area contributed by atoms with Gasteiger partial charge in [-0.1, -0.05) is 13.0 Å². The molecule has 0 spiro atoms. The third-order valence-corrected chi connectivity index (χ3v) is 4.65. The lowest BCUT2D eigenvalue weighted by Gasteiger charge is -2.30. The second-order valence-corrected chi connectivity index (χ2v) is 6.44. The topological polar surface area (TPSA) is 76.6 Å². The zero-order chi connectivity index (χ0) is 18.5. The van der Waals surface area contributed by atoms with E-state index in [2.05, 4.69) is 27.3 Å². The summed E-state index contributed by atoms with van der Waals surface area (Å²) >= 11 is 0. The first-order chi connectivity index (χ1) is 12.6. The van der Waals surface area contributed by atoms with Gasteiger partial charge in [-0.2, -0.15) is 0 Å². The Morgan fingerprint density at radius 3 is 2.27 bits per heavy atom. The SMILES string of the molecule is COc1cccc(OC)c1C(=O)Nc1ccc(N2CCC(C)CC2)nn1. The van der Waals surface area contributed by atoms with E-state index < -0.39 is 0 Å². The molecule has 2 aromatic rings. The number of nitrogens with one attached hydrogen (secondary N) is 1. The molecule has 0 saturated carbocycles. The Morgan fingerprint density at radius 1 is 1.08 bits per heavy atom. The molecular weight excluding hydrogens is 332 g/mol. The molecule has 7 nitrogen and oxygen atoms in total. The summed E-state index contributed by atoms with van der Waals surface area (Å²) in [7, 11) is 3.03. The molecule has 0 radical (unpaired) electrons. The summed E-state index contributed by atoms with van der Waals surface area (Å²) in [6.07, 6.45) is 2.32. The van der Waals surface area contributed by atoms with Crippen molar-refractivity contribution in [3.05, 3.63) is 35.9 Å². The van der Waals surface area contributed by atoms with E-state index in [0.29, 0.717) is 22.9 Å². The van der Waals surface area contributed by atoms with Crippen molar-refractivity contribution in [3.63, 3.8) is 0 Å². The van der Waals surface area contributed by atoms with Crippen molar-refractivity contribution in [1.29, 1.82) is 0 Å². The maximum Gasteiger partial charge on any atom is 0.264 e. The number of aromatic nitrogens is 2. The van der Waals surface area contributed by atoms with E-state index in [1.165, 1.54) is 14.2 Å². The summed E-state index contributed by atoms with van der Waals surface area (Å²) in [5.41, 5.74) is 0.327. The normalized spacial score (nSPS) is 14.8. The highest BCUT2D eigenvalue weighted by atomic mass is 16.5. The molecular formula is C19H24N4O3. The van der Waals surface area contributed by atoms with Crippen LogP contribution in [0.2, 0.25) is 0 Å². The molecule has 138 valence electrons. The number of carbonyl (C=O) groups excluding carboxylic acids is 1. The Kier molecular flexibility index (Phi) is 5.55. The van der Waals surface area contributed by atoms with Gasteiger partial charge in [0.15, 0.2) is 11.6 Å². The van der Waals surface area contributed by atoms with E-state index in [1.807, 2.05) is 6.07 Å². The summed E-state index contributed by atoms with van der Waals surface area (Å²) in [6, 6.07) is 8.84. The van der Waals surface area contributed by atoms with Crippen LogP contribution in [0.5, 0.6) is 11.5 Å². The minimum absolute atomic E-state index is 0.327. The minimum atomic E-state index is -0.354. The maximum atomic E-state index is 12.6. The number of anilines is 2. The first kappa shape index (κ1) is 18.0. The molecule has 1 aliphatic heterocycles. The second kappa shape index (κ2) is 8.03. The summed E-state index contributed by atoms with van der Waals surface area (Å²) in [5, 5.41) is 11.2. The number of hydrogen-bond donors (Lipinski definition) is 1. The summed E-state index contributed by atoms with van der Waals surface area (Å²) < 4.78 is 10.5. The van der Waals surface area contributed by atoms with E-state index in [0.717, 1.165) is 37.7 Å². The molecule has 1 N–H and O–H groups in total. The lowest BCUT2D eigenvalue weighted by Crippen LogP contribution is -2.33. The largest absolute Gasteiger partial charge is 0.496 e. The summed E-state index contributed by atoms with van der Waals surface area (Å²) in [6.45, 7) is 4.24. The highest BCUT2D eigenvalue weighted by Gasteiger charge is 2.20. The molecule has 2 heterocycles. The number of rotatable bonds is 5. The van der Waals surface area contributed by atoms with Crippen LogP contribution in [-0.4, -0.2) is 43.4 Å². The molecule has 7 heteroatoms. The van der Waals surface area contributed by atoms with Crippen LogP contribution in [-0.2, 0) is 0 Å². The predicted octanol–water partition coefficient (Wildman–Crippen LogP) is 2.98. The average Bonchev–Trinajstić information content (AvgIpc) is 2.68. The molecule has 1 saturated heterocycles. The Hall–Kier alpha value is -2.83. The zero-order valence-electron chi connectivity index (χ0n) is 15.4. The monoisotopic (exact) mass is 356 g/mol. The molecule has 1 aromatic carbocycles. The number of ether oxygens (including phenoxy) is 2. The summed E-state index contributed by atoms with van der Waals surface area (Å²) in [5.74, 6) is 2.51. The first-order valence-corrected chi connectivity index (χ1v) is 8.73. The standard InChI is InChI=1S/C19H24N4O3/c1-13-9-11-23(12-10-13)17-8-7-16(21-22-17)20-19(24)18-14(25-2)5-4-6-15(18)26-3/h4-8,13H,9-12H2,1-3H3,(H,20,21,24). The van der Waals surface area contributed by atoms with Gasteiger partial charge < -0.3 is 19.7 Å². The third-order valence-electron chi connectivity index (χ3n) is 4.65. The molecule has 1 aromatic heterocycles. The lowest BCUT2D eigenvalue weighted by molar-refractivity contribution is 0.102. The van der Waals surface area contributed by atoms with Crippen LogP contribution in [0.15, 0.2) is 30.3 Å². The quantitative estimate of drug-likeness (QED) is 0.887. The van der Waals surface area contributed by atoms with Crippen LogP contribution in [0.25, 0.3) is 0 Å². The van der Waals surface area contributed by atoms with Crippen molar-refractivity contribution in [2.24, 2.45) is 5.92 Å². The Bertz CT molecular complexity index is 734. The molecule has 26 heavy (non-hydrogen) atoms. The molecule has 0 unspecified atom stereocenters. The van der Waals surface area contributed by atoms with Crippen molar-refractivity contribution in [1.82, 2.24) is 10.2 Å². The number of nitrogens with zero attached hydrogens (tertiary/aromatic N) is 3. The fraction of sp³-hybridized carbons (Fsp3) is 0.421. The van der Waals surface area contributed by atoms with E-state index in [-0.39, 0.29) is 5.91 Å². The van der Waals surface area contributed by atoms with Gasteiger partial charge >= 0.3 is 0 Å². The maximum absolute atomic E-state index is 12.6. The van der Waals surface area contributed by atoms with Gasteiger partial charge in [0, 0.05) is 13.1 Å². The molecule has 1 fully saturated rings. The molecule has 3 rings (SSSR count). The van der Waals surface area contributed by atoms with Crippen LogP contribution in [0, 0.1) is 5.92 Å². The minimum Gasteiger partial charge on any atom is -0.496 e. The third kappa shape index (κ3) is 3.87. The van der Waals surface area contributed by atoms with E-state index in [1.54, 1.807) is 24.3 Å². The van der Waals surface area contributed by atoms with Crippen molar-refractivity contribution < 1.29 is 14.3 Å². The highest BCUT2D eigenvalue weighted by molar-refractivity contribution is 6.07. The predicted molar refractivity (Wildman–Crippen MR) is 100 cm³/mol. The van der Waals surface area contributed by atoms with Crippen LogP contribution < -0.4 is 19.7 Å². The Morgan fingerprint density at radius 2 is 1.73 bits per heavy atom. The fourth-order valence-corrected chi connectivity index (χ4v) is 3.05. The van der Waals surface area contributed by atoms with Gasteiger partial charge in [0.2, 0.25) is 0 Å². The zero-order valence-corrected chi connectivity index (χ0v) is 15.4. The van der Waals surface area contributed by atoms with Crippen LogP contribution >= 0.6 is 0 Å². The van der Waals surface area contributed by atoms with Gasteiger partial charge in [-0.25, -0.2) is 0 Å². The molecule has 1 amide bonds. The van der Waals surface area contributed by atoms with E-state index in [9.17, 15) is 4.79 Å². The molecule has 0 atom stereocenters. The number of hydrogen-bond acceptors (Lipinski definition) is 6. The molecule has 0 aliphatic carbocycles. The molecule has 1 aliphatic rings. The summed E-state index contributed by atoms with van der Waals surface area (Å²) in [4.78, 5) is 14.9. The van der Waals surface area contributed by atoms with Crippen molar-refractivity contribution >= 4 is 17.5 Å². The smallest absolute Gasteiger partial charge is 0.264 e. The first-order valence-electron chi connectivity index (χ1n) is 8.73.